The maximum atomic E-state index is 9.22. The van der Waals surface area contributed by atoms with Gasteiger partial charge in [0.1, 0.15) is 6.07 Å². The van der Waals surface area contributed by atoms with Crippen LogP contribution in [0.25, 0.3) is 0 Å². The first-order valence-electron chi connectivity index (χ1n) is 7.78. The van der Waals surface area contributed by atoms with Crippen molar-refractivity contribution >= 4 is 17.3 Å². The van der Waals surface area contributed by atoms with Crippen LogP contribution in [-0.2, 0) is 0 Å². The van der Waals surface area contributed by atoms with Crippen molar-refractivity contribution in [2.45, 2.75) is 44.7 Å². The van der Waals surface area contributed by atoms with E-state index in [0.717, 1.165) is 24.2 Å². The molecule has 0 radical (unpaired) electrons. The van der Waals surface area contributed by atoms with Crippen molar-refractivity contribution in [2.75, 3.05) is 10.6 Å². The Morgan fingerprint density at radius 1 is 1.35 bits per heavy atom. The monoisotopic (exact) mass is 312 g/mol. The molecule has 0 amide bonds. The predicted octanol–water partition coefficient (Wildman–Crippen LogP) is 2.68. The minimum atomic E-state index is 0.146. The Kier molecular flexibility index (Phi) is 4.44. The Morgan fingerprint density at radius 2 is 2.17 bits per heavy atom. The fourth-order valence-corrected chi connectivity index (χ4v) is 2.84. The van der Waals surface area contributed by atoms with Gasteiger partial charge in [0, 0.05) is 18.2 Å². The number of nitrogens with one attached hydrogen (secondary N) is 2. The number of nitriles is 1. The first-order chi connectivity index (χ1) is 11.2. The standard InChI is InChI=1S/C16H20N6O/c1-10-6-16(23-22-10)21-14-7-11(9-19-15(14)8-17)20-13-5-3-2-4-12(13)18/h6-7,9,12-13,20-21H,2-5,18H2,1H3/t12-,13+/m0/s1. The molecule has 1 aliphatic carbocycles. The third-order valence-corrected chi connectivity index (χ3v) is 4.05. The quantitative estimate of drug-likeness (QED) is 0.795. The molecule has 1 aliphatic rings. The van der Waals surface area contributed by atoms with E-state index in [4.69, 9.17) is 10.3 Å². The van der Waals surface area contributed by atoms with E-state index in [1.54, 1.807) is 12.3 Å². The second-order valence-corrected chi connectivity index (χ2v) is 5.89. The molecule has 0 spiro atoms. The first kappa shape index (κ1) is 15.3. The minimum absolute atomic E-state index is 0.146. The summed E-state index contributed by atoms with van der Waals surface area (Å²) in [4.78, 5) is 4.20. The highest BCUT2D eigenvalue weighted by molar-refractivity contribution is 5.66. The number of anilines is 3. The molecular weight excluding hydrogens is 292 g/mol. The van der Waals surface area contributed by atoms with Crippen molar-refractivity contribution in [3.05, 3.63) is 29.7 Å². The van der Waals surface area contributed by atoms with Gasteiger partial charge >= 0.3 is 0 Å². The lowest BCUT2D eigenvalue weighted by Gasteiger charge is -2.30. The molecule has 7 heteroatoms. The van der Waals surface area contributed by atoms with Gasteiger partial charge in [0.05, 0.1) is 23.3 Å². The molecule has 7 nitrogen and oxygen atoms in total. The van der Waals surface area contributed by atoms with Gasteiger partial charge in [-0.05, 0) is 25.8 Å². The van der Waals surface area contributed by atoms with Crippen LogP contribution in [0, 0.1) is 18.3 Å². The number of nitrogens with two attached hydrogens (primary N) is 1. The molecule has 2 heterocycles. The largest absolute Gasteiger partial charge is 0.379 e. The molecule has 1 fully saturated rings. The van der Waals surface area contributed by atoms with E-state index in [0.29, 0.717) is 17.3 Å². The molecule has 1 saturated carbocycles. The molecule has 0 saturated heterocycles. The number of aryl methyl sites for hydroxylation is 1. The number of nitrogens with zero attached hydrogens (tertiary/aromatic N) is 3. The van der Waals surface area contributed by atoms with E-state index in [2.05, 4.69) is 26.8 Å². The van der Waals surface area contributed by atoms with Crippen LogP contribution in [0.15, 0.2) is 22.9 Å². The van der Waals surface area contributed by atoms with E-state index < -0.39 is 0 Å². The lowest BCUT2D eigenvalue weighted by Crippen LogP contribution is -2.42. The van der Waals surface area contributed by atoms with Crippen LogP contribution in [0.3, 0.4) is 0 Å². The fourth-order valence-electron chi connectivity index (χ4n) is 2.84. The summed E-state index contributed by atoms with van der Waals surface area (Å²) in [6.07, 6.45) is 6.10. The van der Waals surface area contributed by atoms with Crippen LogP contribution in [0.5, 0.6) is 0 Å². The fraction of sp³-hybridized carbons (Fsp3) is 0.438. The van der Waals surface area contributed by atoms with Crippen molar-refractivity contribution in [1.82, 2.24) is 10.1 Å². The third-order valence-electron chi connectivity index (χ3n) is 4.05. The Bertz CT molecular complexity index is 720. The van der Waals surface area contributed by atoms with Crippen LogP contribution < -0.4 is 16.4 Å². The Morgan fingerprint density at radius 3 is 2.87 bits per heavy atom. The van der Waals surface area contributed by atoms with Gasteiger partial charge in [0.25, 0.3) is 0 Å². The van der Waals surface area contributed by atoms with Crippen LogP contribution in [0.1, 0.15) is 37.1 Å². The van der Waals surface area contributed by atoms with Gasteiger partial charge in [0.2, 0.25) is 5.88 Å². The van der Waals surface area contributed by atoms with Gasteiger partial charge in [0.15, 0.2) is 5.69 Å². The molecular formula is C16H20N6O. The van der Waals surface area contributed by atoms with Crippen LogP contribution in [0.4, 0.5) is 17.3 Å². The Labute approximate surface area is 134 Å². The van der Waals surface area contributed by atoms with Crippen molar-refractivity contribution in [3.63, 3.8) is 0 Å². The molecule has 23 heavy (non-hydrogen) atoms. The number of hydrogen-bond donors (Lipinski definition) is 3. The molecule has 0 unspecified atom stereocenters. The average Bonchev–Trinajstić information content (AvgIpc) is 2.95. The maximum Gasteiger partial charge on any atom is 0.229 e. The summed E-state index contributed by atoms with van der Waals surface area (Å²) < 4.78 is 5.14. The molecule has 0 aliphatic heterocycles. The summed E-state index contributed by atoms with van der Waals surface area (Å²) in [5.41, 5.74) is 8.66. The van der Waals surface area contributed by atoms with Crippen molar-refractivity contribution < 1.29 is 4.52 Å². The van der Waals surface area contributed by atoms with Gasteiger partial charge in [-0.15, -0.1) is 0 Å². The van der Waals surface area contributed by atoms with Gasteiger partial charge < -0.3 is 20.9 Å². The molecule has 2 aromatic heterocycles. The number of aromatic nitrogens is 2. The topological polar surface area (TPSA) is 113 Å². The molecule has 0 bridgehead atoms. The second kappa shape index (κ2) is 6.67. The highest BCUT2D eigenvalue weighted by Crippen LogP contribution is 2.26. The molecule has 2 atom stereocenters. The van der Waals surface area contributed by atoms with Crippen LogP contribution in [0.2, 0.25) is 0 Å². The lowest BCUT2D eigenvalue weighted by molar-refractivity contribution is 0.404. The van der Waals surface area contributed by atoms with Gasteiger partial charge in [-0.2, -0.15) is 5.26 Å². The van der Waals surface area contributed by atoms with Gasteiger partial charge in [-0.3, -0.25) is 0 Å². The Balaban J connectivity index is 1.79. The third kappa shape index (κ3) is 3.60. The van der Waals surface area contributed by atoms with E-state index in [-0.39, 0.29) is 12.1 Å². The molecule has 3 rings (SSSR count). The number of hydrogen-bond acceptors (Lipinski definition) is 7. The lowest BCUT2D eigenvalue weighted by atomic mass is 9.91. The van der Waals surface area contributed by atoms with Crippen molar-refractivity contribution in [2.24, 2.45) is 5.73 Å². The number of pyridine rings is 1. The molecule has 0 aromatic carbocycles. The Hall–Kier alpha value is -2.59. The molecule has 2 aromatic rings. The van der Waals surface area contributed by atoms with Crippen molar-refractivity contribution in [3.8, 4) is 6.07 Å². The average molecular weight is 312 g/mol. The van der Waals surface area contributed by atoms with E-state index in [9.17, 15) is 5.26 Å². The first-order valence-corrected chi connectivity index (χ1v) is 7.78. The highest BCUT2D eigenvalue weighted by Gasteiger charge is 2.22. The maximum absolute atomic E-state index is 9.22. The summed E-state index contributed by atoms with van der Waals surface area (Å²) in [5, 5.41) is 19.5. The van der Waals surface area contributed by atoms with Crippen LogP contribution in [-0.4, -0.2) is 22.2 Å². The summed E-state index contributed by atoms with van der Waals surface area (Å²) in [6.45, 7) is 1.83. The zero-order valence-electron chi connectivity index (χ0n) is 13.0. The summed E-state index contributed by atoms with van der Waals surface area (Å²) in [6, 6.07) is 6.07. The second-order valence-electron chi connectivity index (χ2n) is 5.89. The SMILES string of the molecule is Cc1cc(Nc2cc(N[C@@H]3CCCC[C@@H]3N)cnc2C#N)on1. The summed E-state index contributed by atoms with van der Waals surface area (Å²) >= 11 is 0. The highest BCUT2D eigenvalue weighted by atomic mass is 16.5. The van der Waals surface area contributed by atoms with Crippen molar-refractivity contribution in [1.29, 1.82) is 5.26 Å². The zero-order chi connectivity index (χ0) is 16.2. The van der Waals surface area contributed by atoms with E-state index in [1.165, 1.54) is 12.8 Å². The summed E-state index contributed by atoms with van der Waals surface area (Å²) in [5.74, 6) is 0.479. The van der Waals surface area contributed by atoms with E-state index in [1.807, 2.05) is 13.0 Å². The van der Waals surface area contributed by atoms with Gasteiger partial charge in [-0.1, -0.05) is 18.0 Å². The summed E-state index contributed by atoms with van der Waals surface area (Å²) in [7, 11) is 0. The van der Waals surface area contributed by atoms with Gasteiger partial charge in [-0.25, -0.2) is 4.98 Å². The molecule has 120 valence electrons. The smallest absolute Gasteiger partial charge is 0.229 e. The van der Waals surface area contributed by atoms with E-state index >= 15 is 0 Å². The minimum Gasteiger partial charge on any atom is -0.379 e. The van der Waals surface area contributed by atoms with Crippen LogP contribution >= 0.6 is 0 Å². The predicted molar refractivity (Wildman–Crippen MR) is 87.3 cm³/mol. The normalized spacial score (nSPS) is 20.7. The zero-order valence-corrected chi connectivity index (χ0v) is 13.0. The number of rotatable bonds is 4. The molecule has 4 N–H and O–H groups in total.